The van der Waals surface area contributed by atoms with E-state index in [1.165, 1.54) is 53.3 Å². The topological polar surface area (TPSA) is 120 Å². The van der Waals surface area contributed by atoms with Gasteiger partial charge in [-0.25, -0.2) is 4.79 Å². The molecule has 170 valence electrons. The Kier molecular flexibility index (Phi) is 7.62. The van der Waals surface area contributed by atoms with E-state index in [-0.39, 0.29) is 28.9 Å². The first kappa shape index (κ1) is 23.7. The number of amides is 1. The number of nitrogens with zero attached hydrogens (tertiary/aromatic N) is 2. The van der Waals surface area contributed by atoms with Crippen LogP contribution < -0.4 is 0 Å². The zero-order valence-electron chi connectivity index (χ0n) is 17.8. The van der Waals surface area contributed by atoms with Gasteiger partial charge in [0.15, 0.2) is 12.4 Å². The molecule has 0 aliphatic heterocycles. The molecule has 0 aliphatic rings. The highest BCUT2D eigenvalue weighted by Gasteiger charge is 2.23. The Bertz CT molecular complexity index is 1190. The Morgan fingerprint density at radius 1 is 1.09 bits per heavy atom. The fraction of sp³-hybridized carbons (Fsp3) is 0.174. The van der Waals surface area contributed by atoms with Crippen molar-refractivity contribution in [3.05, 3.63) is 93.4 Å². The van der Waals surface area contributed by atoms with Gasteiger partial charge >= 0.3 is 5.97 Å². The minimum Gasteiger partial charge on any atom is -0.467 e. The summed E-state index contributed by atoms with van der Waals surface area (Å²) in [6.45, 7) is -0.310. The molecule has 0 saturated heterocycles. The fourth-order valence-electron chi connectivity index (χ4n) is 3.03. The summed E-state index contributed by atoms with van der Waals surface area (Å²) in [6, 6.07) is 13.5. The van der Waals surface area contributed by atoms with Gasteiger partial charge in [0.05, 0.1) is 28.2 Å². The summed E-state index contributed by atoms with van der Waals surface area (Å²) in [4.78, 5) is 50.5. The van der Waals surface area contributed by atoms with E-state index in [9.17, 15) is 24.5 Å². The number of nitro groups is 1. The third-order valence-corrected chi connectivity index (χ3v) is 5.54. The number of benzene rings is 2. The second-order valence-electron chi connectivity index (χ2n) is 6.92. The Labute approximate surface area is 193 Å². The third kappa shape index (κ3) is 5.66. The number of hydrogen-bond donors (Lipinski definition) is 0. The Morgan fingerprint density at radius 3 is 2.45 bits per heavy atom. The molecule has 0 spiro atoms. The highest BCUT2D eigenvalue weighted by Crippen LogP contribution is 2.29. The first-order valence-corrected chi connectivity index (χ1v) is 10.9. The Morgan fingerprint density at radius 2 is 1.82 bits per heavy atom. The summed E-state index contributed by atoms with van der Waals surface area (Å²) < 4.78 is 10.3. The van der Waals surface area contributed by atoms with Crippen LogP contribution in [0.5, 0.6) is 0 Å². The highest BCUT2D eigenvalue weighted by molar-refractivity contribution is 7.98. The molecule has 3 aromatic rings. The lowest BCUT2D eigenvalue weighted by molar-refractivity contribution is -0.387. The molecule has 0 saturated carbocycles. The predicted octanol–water partition coefficient (Wildman–Crippen LogP) is 3.96. The van der Waals surface area contributed by atoms with Gasteiger partial charge in [-0.15, -0.1) is 11.8 Å². The quantitative estimate of drug-likeness (QED) is 0.152. The molecule has 1 amide bonds. The number of hydrogen-bond acceptors (Lipinski definition) is 8. The van der Waals surface area contributed by atoms with Crippen molar-refractivity contribution in [2.45, 2.75) is 11.4 Å². The number of carbonyl (C=O) groups is 3. The van der Waals surface area contributed by atoms with Crippen LogP contribution in [-0.4, -0.2) is 47.4 Å². The van der Waals surface area contributed by atoms with Crippen molar-refractivity contribution < 1.29 is 28.5 Å². The van der Waals surface area contributed by atoms with E-state index in [2.05, 4.69) is 0 Å². The van der Waals surface area contributed by atoms with Crippen LogP contribution in [0, 0.1) is 10.1 Å². The van der Waals surface area contributed by atoms with Gasteiger partial charge in [0.25, 0.3) is 11.6 Å². The number of nitro benzene ring substituents is 1. The number of thioether (sulfide) groups is 1. The zero-order chi connectivity index (χ0) is 24.0. The number of furan rings is 1. The van der Waals surface area contributed by atoms with Crippen molar-refractivity contribution in [3.8, 4) is 0 Å². The summed E-state index contributed by atoms with van der Waals surface area (Å²) in [6.07, 6.45) is 3.19. The fourth-order valence-corrected chi connectivity index (χ4v) is 3.57. The minimum absolute atomic E-state index is 0.0186. The summed E-state index contributed by atoms with van der Waals surface area (Å²) >= 11 is 1.19. The maximum absolute atomic E-state index is 13.0. The summed E-state index contributed by atoms with van der Waals surface area (Å²) in [5.41, 5.74) is -0.154. The Hall–Kier alpha value is -3.92. The van der Waals surface area contributed by atoms with E-state index in [0.29, 0.717) is 10.7 Å². The summed E-state index contributed by atoms with van der Waals surface area (Å²) in [5.74, 6) is -1.30. The van der Waals surface area contributed by atoms with Gasteiger partial charge in [0.1, 0.15) is 5.76 Å². The number of carbonyl (C=O) groups excluding carboxylic acids is 3. The smallest absolute Gasteiger partial charge is 0.339 e. The van der Waals surface area contributed by atoms with Gasteiger partial charge in [-0.1, -0.05) is 18.2 Å². The van der Waals surface area contributed by atoms with E-state index in [1.807, 2.05) is 0 Å². The standard InChI is InChI=1S/C23H20N2O7S/c1-24(13-16-6-5-11-31-16)21(26)14-32-23(28)18-8-4-3-7-17(18)22(27)15-9-10-20(33-2)19(12-15)25(29)30/h3-12H,13-14H2,1-2H3. The van der Waals surface area contributed by atoms with Crippen molar-refractivity contribution >= 4 is 35.1 Å². The molecule has 1 aromatic heterocycles. The largest absolute Gasteiger partial charge is 0.467 e. The number of ketones is 1. The van der Waals surface area contributed by atoms with Crippen LogP contribution >= 0.6 is 11.8 Å². The molecular weight excluding hydrogens is 448 g/mol. The molecule has 0 atom stereocenters. The van der Waals surface area contributed by atoms with E-state index >= 15 is 0 Å². The molecule has 0 N–H and O–H groups in total. The normalized spacial score (nSPS) is 10.5. The van der Waals surface area contributed by atoms with Crippen molar-refractivity contribution in [1.29, 1.82) is 0 Å². The minimum atomic E-state index is -0.853. The van der Waals surface area contributed by atoms with Gasteiger partial charge in [-0.2, -0.15) is 0 Å². The lowest BCUT2D eigenvalue weighted by atomic mass is 9.98. The lowest BCUT2D eigenvalue weighted by Crippen LogP contribution is -2.30. The summed E-state index contributed by atoms with van der Waals surface area (Å²) in [7, 11) is 1.54. The van der Waals surface area contributed by atoms with Crippen molar-refractivity contribution in [3.63, 3.8) is 0 Å². The molecule has 0 radical (unpaired) electrons. The SMILES string of the molecule is CSc1ccc(C(=O)c2ccccc2C(=O)OCC(=O)N(C)Cc2ccco2)cc1[N+](=O)[O-]. The maximum atomic E-state index is 13.0. The van der Waals surface area contributed by atoms with E-state index < -0.39 is 29.2 Å². The van der Waals surface area contributed by atoms with E-state index in [1.54, 1.807) is 37.6 Å². The molecule has 0 aliphatic carbocycles. The monoisotopic (exact) mass is 468 g/mol. The second-order valence-corrected chi connectivity index (χ2v) is 7.77. The van der Waals surface area contributed by atoms with Crippen LogP contribution in [0.4, 0.5) is 5.69 Å². The van der Waals surface area contributed by atoms with Crippen LogP contribution in [0.1, 0.15) is 32.0 Å². The molecule has 1 heterocycles. The average molecular weight is 468 g/mol. The zero-order valence-corrected chi connectivity index (χ0v) is 18.7. The first-order valence-electron chi connectivity index (χ1n) is 9.71. The number of rotatable bonds is 9. The van der Waals surface area contributed by atoms with Gasteiger partial charge < -0.3 is 14.1 Å². The molecular formula is C23H20N2O7S. The second kappa shape index (κ2) is 10.6. The molecule has 10 heteroatoms. The summed E-state index contributed by atoms with van der Waals surface area (Å²) in [5, 5.41) is 11.3. The van der Waals surface area contributed by atoms with Crippen LogP contribution in [-0.2, 0) is 16.1 Å². The number of likely N-dealkylation sites (N-methyl/N-ethyl adjacent to an activating group) is 1. The molecule has 0 bridgehead atoms. The van der Waals surface area contributed by atoms with Crippen LogP contribution in [0.3, 0.4) is 0 Å². The number of ether oxygens (including phenoxy) is 1. The molecule has 3 rings (SSSR count). The van der Waals surface area contributed by atoms with Crippen molar-refractivity contribution in [2.24, 2.45) is 0 Å². The average Bonchev–Trinajstić information content (AvgIpc) is 3.34. The lowest BCUT2D eigenvalue weighted by Gasteiger charge is -2.16. The van der Waals surface area contributed by atoms with E-state index in [4.69, 9.17) is 9.15 Å². The highest BCUT2D eigenvalue weighted by atomic mass is 32.2. The molecule has 0 unspecified atom stereocenters. The van der Waals surface area contributed by atoms with Gasteiger partial charge in [-0.3, -0.25) is 19.7 Å². The first-order chi connectivity index (χ1) is 15.8. The van der Waals surface area contributed by atoms with Gasteiger partial charge in [0, 0.05) is 24.2 Å². The van der Waals surface area contributed by atoms with Crippen molar-refractivity contribution in [2.75, 3.05) is 19.9 Å². The molecule has 2 aromatic carbocycles. The molecule has 9 nitrogen and oxygen atoms in total. The molecule has 33 heavy (non-hydrogen) atoms. The van der Waals surface area contributed by atoms with Gasteiger partial charge in [0.2, 0.25) is 0 Å². The van der Waals surface area contributed by atoms with E-state index in [0.717, 1.165) is 0 Å². The van der Waals surface area contributed by atoms with Crippen molar-refractivity contribution in [1.82, 2.24) is 4.90 Å². The Balaban J connectivity index is 1.75. The predicted molar refractivity (Wildman–Crippen MR) is 120 cm³/mol. The van der Waals surface area contributed by atoms with Crippen LogP contribution in [0.25, 0.3) is 0 Å². The van der Waals surface area contributed by atoms with Gasteiger partial charge in [-0.05, 0) is 36.6 Å². The maximum Gasteiger partial charge on any atom is 0.339 e. The third-order valence-electron chi connectivity index (χ3n) is 4.75. The van der Waals surface area contributed by atoms with Crippen LogP contribution in [0.15, 0.2) is 70.2 Å². The number of esters is 1. The van der Waals surface area contributed by atoms with Crippen LogP contribution in [0.2, 0.25) is 0 Å². The molecule has 0 fully saturated rings.